The lowest BCUT2D eigenvalue weighted by Crippen LogP contribution is -2.15. The maximum atomic E-state index is 12.0. The number of hydrogen-bond acceptors (Lipinski definition) is 3. The van der Waals surface area contributed by atoms with Crippen molar-refractivity contribution < 1.29 is 9.53 Å². The minimum atomic E-state index is -0.293. The minimum absolute atomic E-state index is 0.0468. The molecule has 2 unspecified atom stereocenters. The number of hydrogen-bond donors (Lipinski definition) is 2. The second-order valence-electron chi connectivity index (χ2n) is 6.11. The van der Waals surface area contributed by atoms with Gasteiger partial charge >= 0.3 is 0 Å². The maximum absolute atomic E-state index is 12.0. The summed E-state index contributed by atoms with van der Waals surface area (Å²) in [6, 6.07) is 9.56. The van der Waals surface area contributed by atoms with Gasteiger partial charge in [0.05, 0.1) is 19.1 Å². The Kier molecular flexibility index (Phi) is 3.86. The van der Waals surface area contributed by atoms with Gasteiger partial charge in [-0.1, -0.05) is 24.3 Å². The van der Waals surface area contributed by atoms with E-state index in [-0.39, 0.29) is 17.9 Å². The van der Waals surface area contributed by atoms with Crippen molar-refractivity contribution in [2.45, 2.75) is 32.7 Å². The molecule has 1 aliphatic rings. The monoisotopic (exact) mass is 310 g/mol. The van der Waals surface area contributed by atoms with Gasteiger partial charge < -0.3 is 15.8 Å². The van der Waals surface area contributed by atoms with Crippen molar-refractivity contribution >= 4 is 11.6 Å². The molecule has 2 aromatic carbocycles. The second-order valence-corrected chi connectivity index (χ2v) is 6.11. The van der Waals surface area contributed by atoms with Crippen molar-refractivity contribution in [3.05, 3.63) is 58.1 Å². The Labute approximate surface area is 136 Å². The number of fused-ring (bicyclic) bond motifs is 1. The van der Waals surface area contributed by atoms with Crippen LogP contribution in [-0.4, -0.2) is 13.0 Å². The van der Waals surface area contributed by atoms with Gasteiger partial charge in [-0.15, -0.1) is 0 Å². The van der Waals surface area contributed by atoms with Crippen molar-refractivity contribution in [2.24, 2.45) is 5.73 Å². The number of amides is 1. The average molecular weight is 310 g/mol. The minimum Gasteiger partial charge on any atom is -0.496 e. The number of carbonyl (C=O) groups excluding carboxylic acids is 1. The second kappa shape index (κ2) is 5.70. The van der Waals surface area contributed by atoms with Gasteiger partial charge in [0, 0.05) is 11.3 Å². The summed E-state index contributed by atoms with van der Waals surface area (Å²) >= 11 is 0. The van der Waals surface area contributed by atoms with Gasteiger partial charge in [0.25, 0.3) is 0 Å². The van der Waals surface area contributed by atoms with E-state index in [0.717, 1.165) is 39.3 Å². The standard InChI is InChI=1S/C19H22N2O2/c1-10-11(2)18-15(12(3)19(22)21-18)9-14(10)17(20)13-7-5-6-8-16(13)23-4/h5-9,12,17H,20H2,1-4H3,(H,21,22). The highest BCUT2D eigenvalue weighted by Crippen LogP contribution is 2.40. The van der Waals surface area contributed by atoms with Crippen molar-refractivity contribution in [2.75, 3.05) is 12.4 Å². The number of ether oxygens (including phenoxy) is 1. The number of benzene rings is 2. The summed E-state index contributed by atoms with van der Waals surface area (Å²) in [7, 11) is 1.65. The number of nitrogens with one attached hydrogen (secondary N) is 1. The van der Waals surface area contributed by atoms with Gasteiger partial charge in [0.1, 0.15) is 5.75 Å². The van der Waals surface area contributed by atoms with Crippen LogP contribution in [-0.2, 0) is 4.79 Å². The third-order valence-corrected chi connectivity index (χ3v) is 4.89. The van der Waals surface area contributed by atoms with Gasteiger partial charge in [0.15, 0.2) is 0 Å². The first-order valence-electron chi connectivity index (χ1n) is 7.79. The smallest absolute Gasteiger partial charge is 0.231 e. The number of carbonyl (C=O) groups is 1. The summed E-state index contributed by atoms with van der Waals surface area (Å²) < 4.78 is 5.44. The molecular formula is C19H22N2O2. The van der Waals surface area contributed by atoms with Crippen LogP contribution >= 0.6 is 0 Å². The zero-order valence-electron chi connectivity index (χ0n) is 13.9. The van der Waals surface area contributed by atoms with E-state index in [2.05, 4.69) is 18.3 Å². The fourth-order valence-corrected chi connectivity index (χ4v) is 3.26. The van der Waals surface area contributed by atoms with Gasteiger partial charge in [-0.05, 0) is 49.1 Å². The molecule has 0 aliphatic carbocycles. The molecule has 0 saturated carbocycles. The van der Waals surface area contributed by atoms with Crippen LogP contribution in [0, 0.1) is 13.8 Å². The van der Waals surface area contributed by atoms with Crippen molar-refractivity contribution in [1.82, 2.24) is 0 Å². The molecule has 1 amide bonds. The summed E-state index contributed by atoms with van der Waals surface area (Å²) in [6.07, 6.45) is 0. The first-order chi connectivity index (χ1) is 11.0. The van der Waals surface area contributed by atoms with E-state index in [1.54, 1.807) is 7.11 Å². The molecule has 0 bridgehead atoms. The van der Waals surface area contributed by atoms with E-state index in [9.17, 15) is 4.79 Å². The first kappa shape index (κ1) is 15.6. The number of rotatable bonds is 3. The van der Waals surface area contributed by atoms with Crippen LogP contribution in [0.2, 0.25) is 0 Å². The summed E-state index contributed by atoms with van der Waals surface area (Å²) in [5, 5.41) is 2.98. The molecule has 1 aliphatic heterocycles. The van der Waals surface area contributed by atoms with Gasteiger partial charge in [-0.2, -0.15) is 0 Å². The van der Waals surface area contributed by atoms with Gasteiger partial charge in [-0.25, -0.2) is 0 Å². The summed E-state index contributed by atoms with van der Waals surface area (Å²) in [5.41, 5.74) is 12.7. The molecule has 0 radical (unpaired) electrons. The molecule has 0 fully saturated rings. The average Bonchev–Trinajstić information content (AvgIpc) is 2.85. The molecule has 3 N–H and O–H groups in total. The molecule has 4 nitrogen and oxygen atoms in total. The molecular weight excluding hydrogens is 288 g/mol. The van der Waals surface area contributed by atoms with Crippen LogP contribution in [0.5, 0.6) is 5.75 Å². The van der Waals surface area contributed by atoms with E-state index >= 15 is 0 Å². The van der Waals surface area contributed by atoms with Crippen molar-refractivity contribution in [1.29, 1.82) is 0 Å². The number of methoxy groups -OCH3 is 1. The number of anilines is 1. The Morgan fingerprint density at radius 2 is 1.87 bits per heavy atom. The van der Waals surface area contributed by atoms with E-state index in [0.29, 0.717) is 0 Å². The number of para-hydroxylation sites is 1. The summed E-state index contributed by atoms with van der Waals surface area (Å²) in [6.45, 7) is 6.01. The van der Waals surface area contributed by atoms with Crippen LogP contribution in [0.3, 0.4) is 0 Å². The number of nitrogens with two attached hydrogens (primary N) is 1. The predicted octanol–water partition coefficient (Wildman–Crippen LogP) is 3.42. The molecule has 0 aromatic heterocycles. The fourth-order valence-electron chi connectivity index (χ4n) is 3.26. The van der Waals surface area contributed by atoms with E-state index < -0.39 is 0 Å². The predicted molar refractivity (Wildman–Crippen MR) is 92.0 cm³/mol. The molecule has 23 heavy (non-hydrogen) atoms. The lowest BCUT2D eigenvalue weighted by molar-refractivity contribution is -0.116. The largest absolute Gasteiger partial charge is 0.496 e. The van der Waals surface area contributed by atoms with Crippen molar-refractivity contribution in [3.63, 3.8) is 0 Å². The van der Waals surface area contributed by atoms with Crippen LogP contribution < -0.4 is 15.8 Å². The Bertz CT molecular complexity index is 783. The van der Waals surface area contributed by atoms with Crippen LogP contribution in [0.15, 0.2) is 30.3 Å². The quantitative estimate of drug-likeness (QED) is 0.913. The maximum Gasteiger partial charge on any atom is 0.231 e. The third-order valence-electron chi connectivity index (χ3n) is 4.89. The molecule has 0 spiro atoms. The van der Waals surface area contributed by atoms with Crippen LogP contribution in [0.25, 0.3) is 0 Å². The summed E-state index contributed by atoms with van der Waals surface area (Å²) in [5.74, 6) is 0.679. The lowest BCUT2D eigenvalue weighted by atomic mass is 9.88. The van der Waals surface area contributed by atoms with Gasteiger partial charge in [0.2, 0.25) is 5.91 Å². The lowest BCUT2D eigenvalue weighted by Gasteiger charge is -2.21. The highest BCUT2D eigenvalue weighted by Gasteiger charge is 2.30. The molecule has 3 rings (SSSR count). The van der Waals surface area contributed by atoms with Crippen molar-refractivity contribution in [3.8, 4) is 5.75 Å². The van der Waals surface area contributed by atoms with E-state index in [1.807, 2.05) is 38.1 Å². The zero-order chi connectivity index (χ0) is 16.7. The molecule has 2 aromatic rings. The highest BCUT2D eigenvalue weighted by atomic mass is 16.5. The van der Waals surface area contributed by atoms with E-state index in [4.69, 9.17) is 10.5 Å². The molecule has 2 atom stereocenters. The normalized spacial score (nSPS) is 17.6. The van der Waals surface area contributed by atoms with Crippen LogP contribution in [0.4, 0.5) is 5.69 Å². The van der Waals surface area contributed by atoms with Crippen LogP contribution in [0.1, 0.15) is 46.7 Å². The Morgan fingerprint density at radius 1 is 1.17 bits per heavy atom. The molecule has 120 valence electrons. The Hall–Kier alpha value is -2.33. The zero-order valence-corrected chi connectivity index (χ0v) is 13.9. The molecule has 4 heteroatoms. The Morgan fingerprint density at radius 3 is 2.57 bits per heavy atom. The molecule has 0 saturated heterocycles. The topological polar surface area (TPSA) is 64.3 Å². The fraction of sp³-hybridized carbons (Fsp3) is 0.316. The summed E-state index contributed by atoms with van der Waals surface area (Å²) in [4.78, 5) is 12.0. The SMILES string of the molecule is COc1ccccc1C(N)c1cc2c(c(C)c1C)NC(=O)C2C. The first-order valence-corrected chi connectivity index (χ1v) is 7.79. The molecule has 1 heterocycles. The third kappa shape index (κ3) is 2.39. The highest BCUT2D eigenvalue weighted by molar-refractivity contribution is 6.03. The van der Waals surface area contributed by atoms with Gasteiger partial charge in [-0.3, -0.25) is 4.79 Å². The van der Waals surface area contributed by atoms with E-state index in [1.165, 1.54) is 0 Å². The Balaban J connectivity index is 2.14.